The van der Waals surface area contributed by atoms with Crippen LogP contribution < -0.4 is 0 Å². The molecule has 2 heteroatoms. The molecule has 0 radical (unpaired) electrons. The van der Waals surface area contributed by atoms with E-state index in [9.17, 15) is 0 Å². The monoisotopic (exact) mass is 506 g/mol. The van der Waals surface area contributed by atoms with Gasteiger partial charge in [-0.25, -0.2) is 9.97 Å². The van der Waals surface area contributed by atoms with Gasteiger partial charge in [0.1, 0.15) is 0 Å². The van der Waals surface area contributed by atoms with Crippen LogP contribution in [0.5, 0.6) is 0 Å². The number of nitrogens with zero attached hydrogens (tertiary/aromatic N) is 2. The Balaban J connectivity index is 1.44. The second-order valence-corrected chi connectivity index (χ2v) is 10.5. The van der Waals surface area contributed by atoms with Crippen molar-refractivity contribution in [1.29, 1.82) is 0 Å². The lowest BCUT2D eigenvalue weighted by Gasteiger charge is -2.15. The minimum Gasteiger partial charge on any atom is -0.243 e. The Hall–Kier alpha value is -5.34. The smallest absolute Gasteiger partial charge is 0.0980 e. The van der Waals surface area contributed by atoms with Gasteiger partial charge in [-0.3, -0.25) is 0 Å². The molecule has 1 aliphatic carbocycles. The summed E-state index contributed by atoms with van der Waals surface area (Å²) in [5.41, 5.74) is 10.7. The summed E-state index contributed by atoms with van der Waals surface area (Å²) in [6, 6.07) is 47.7. The van der Waals surface area contributed by atoms with Crippen LogP contribution in [0.1, 0.15) is 0 Å². The summed E-state index contributed by atoms with van der Waals surface area (Å²) in [4.78, 5) is 11.0. The number of rotatable bonds is 2. The molecule has 0 amide bonds. The van der Waals surface area contributed by atoms with Crippen molar-refractivity contribution in [3.63, 3.8) is 0 Å². The summed E-state index contributed by atoms with van der Waals surface area (Å²) in [5.74, 6) is 0. The number of hydrogen-bond donors (Lipinski definition) is 0. The molecule has 1 aliphatic rings. The van der Waals surface area contributed by atoms with Gasteiger partial charge in [0.25, 0.3) is 0 Å². The minimum absolute atomic E-state index is 0.936. The summed E-state index contributed by atoms with van der Waals surface area (Å²) in [5, 5.41) is 7.35. The van der Waals surface area contributed by atoms with E-state index in [0.717, 1.165) is 44.7 Å². The van der Waals surface area contributed by atoms with Crippen LogP contribution in [0.15, 0.2) is 133 Å². The normalized spacial score (nSPS) is 12.0. The molecule has 0 unspecified atom stereocenters. The second kappa shape index (κ2) is 8.08. The largest absolute Gasteiger partial charge is 0.243 e. The Labute approximate surface area is 231 Å². The van der Waals surface area contributed by atoms with Gasteiger partial charge in [-0.1, -0.05) is 133 Å². The van der Waals surface area contributed by atoms with E-state index in [1.807, 2.05) is 0 Å². The number of aromatic nitrogens is 2. The molecule has 40 heavy (non-hydrogen) atoms. The first-order chi connectivity index (χ1) is 19.8. The van der Waals surface area contributed by atoms with Crippen molar-refractivity contribution in [3.8, 4) is 44.8 Å². The summed E-state index contributed by atoms with van der Waals surface area (Å²) in [6.07, 6.45) is 0. The lowest BCUT2D eigenvalue weighted by molar-refractivity contribution is 1.32. The average molecular weight is 507 g/mol. The third-order valence-corrected chi connectivity index (χ3v) is 8.40. The molecule has 0 fully saturated rings. The second-order valence-electron chi connectivity index (χ2n) is 10.5. The van der Waals surface area contributed by atoms with Crippen LogP contribution in [-0.2, 0) is 0 Å². The van der Waals surface area contributed by atoms with Gasteiger partial charge in [0.15, 0.2) is 0 Å². The maximum absolute atomic E-state index is 5.48. The van der Waals surface area contributed by atoms with Gasteiger partial charge in [0, 0.05) is 27.6 Å². The lowest BCUT2D eigenvalue weighted by Crippen LogP contribution is -1.96. The quantitative estimate of drug-likeness (QED) is 0.233. The maximum atomic E-state index is 5.48. The number of fused-ring (bicyclic) bond motifs is 6. The SMILES string of the molecule is c1ccc2c(-c3ccc(-c4cccc5ccccc45)c4nc5c(nc34)-c3cccc4cccc-5c34)cccc2c1. The highest BCUT2D eigenvalue weighted by molar-refractivity contribution is 6.16. The molecule has 0 bridgehead atoms. The molecule has 0 atom stereocenters. The fourth-order valence-corrected chi connectivity index (χ4v) is 6.60. The first kappa shape index (κ1) is 21.6. The molecular weight excluding hydrogens is 484 g/mol. The summed E-state index contributed by atoms with van der Waals surface area (Å²) in [7, 11) is 0. The fourth-order valence-electron chi connectivity index (χ4n) is 6.60. The Morgan fingerprint density at radius 2 is 0.700 bits per heavy atom. The van der Waals surface area contributed by atoms with Crippen LogP contribution in [0.25, 0.3) is 88.1 Å². The minimum atomic E-state index is 0.936. The molecule has 9 rings (SSSR count). The highest BCUT2D eigenvalue weighted by Crippen LogP contribution is 2.48. The Kier molecular flexibility index (Phi) is 4.36. The zero-order chi connectivity index (χ0) is 26.2. The van der Waals surface area contributed by atoms with E-state index in [-0.39, 0.29) is 0 Å². The molecular formula is C38H22N2. The average Bonchev–Trinajstić information content (AvgIpc) is 3.33. The Morgan fingerprint density at radius 1 is 0.300 bits per heavy atom. The van der Waals surface area contributed by atoms with E-state index >= 15 is 0 Å². The van der Waals surface area contributed by atoms with Gasteiger partial charge in [-0.05, 0) is 38.1 Å². The molecule has 184 valence electrons. The molecule has 0 spiro atoms. The highest BCUT2D eigenvalue weighted by atomic mass is 14.8. The standard InChI is InChI=1S/C38H22N2/c1-3-15-26-23(9-1)11-5-17-28(26)30-21-22-31(29-18-6-12-24-10-2-4-16-27(24)29)36-35(30)39-37-32-19-7-13-25-14-8-20-33(34(25)32)38(37)40-36/h1-22H. The first-order valence-electron chi connectivity index (χ1n) is 13.7. The zero-order valence-electron chi connectivity index (χ0n) is 21.6. The summed E-state index contributed by atoms with van der Waals surface area (Å²) in [6.45, 7) is 0. The Morgan fingerprint density at radius 3 is 1.20 bits per heavy atom. The van der Waals surface area contributed by atoms with Crippen molar-refractivity contribution in [2.45, 2.75) is 0 Å². The van der Waals surface area contributed by atoms with Crippen molar-refractivity contribution in [3.05, 3.63) is 133 Å². The van der Waals surface area contributed by atoms with E-state index < -0.39 is 0 Å². The molecule has 0 saturated heterocycles. The van der Waals surface area contributed by atoms with Gasteiger partial charge in [0.05, 0.1) is 22.4 Å². The third-order valence-electron chi connectivity index (χ3n) is 8.40. The number of hydrogen-bond acceptors (Lipinski definition) is 2. The van der Waals surface area contributed by atoms with E-state index in [2.05, 4.69) is 133 Å². The van der Waals surface area contributed by atoms with Gasteiger partial charge in [-0.15, -0.1) is 0 Å². The molecule has 0 N–H and O–H groups in total. The van der Waals surface area contributed by atoms with E-state index in [1.54, 1.807) is 0 Å². The zero-order valence-corrected chi connectivity index (χ0v) is 21.6. The summed E-state index contributed by atoms with van der Waals surface area (Å²) < 4.78 is 0. The Bertz CT molecular complexity index is 2160. The van der Waals surface area contributed by atoms with Crippen molar-refractivity contribution in [1.82, 2.24) is 9.97 Å². The molecule has 7 aromatic carbocycles. The highest BCUT2D eigenvalue weighted by Gasteiger charge is 2.26. The van der Waals surface area contributed by atoms with Crippen LogP contribution in [-0.4, -0.2) is 9.97 Å². The fraction of sp³-hybridized carbons (Fsp3) is 0. The van der Waals surface area contributed by atoms with Crippen molar-refractivity contribution in [2.24, 2.45) is 0 Å². The van der Waals surface area contributed by atoms with E-state index in [0.29, 0.717) is 0 Å². The van der Waals surface area contributed by atoms with Gasteiger partial charge >= 0.3 is 0 Å². The predicted octanol–water partition coefficient (Wildman–Crippen LogP) is 10.1. The van der Waals surface area contributed by atoms with Crippen molar-refractivity contribution in [2.75, 3.05) is 0 Å². The molecule has 1 heterocycles. The molecule has 2 nitrogen and oxygen atoms in total. The van der Waals surface area contributed by atoms with Crippen LogP contribution in [0, 0.1) is 0 Å². The van der Waals surface area contributed by atoms with Crippen LogP contribution >= 0.6 is 0 Å². The molecule has 1 aromatic heterocycles. The lowest BCUT2D eigenvalue weighted by atomic mass is 9.92. The summed E-state index contributed by atoms with van der Waals surface area (Å²) >= 11 is 0. The van der Waals surface area contributed by atoms with Gasteiger partial charge < -0.3 is 0 Å². The van der Waals surface area contributed by atoms with Gasteiger partial charge in [0.2, 0.25) is 0 Å². The molecule has 0 aliphatic heterocycles. The van der Waals surface area contributed by atoms with Gasteiger partial charge in [-0.2, -0.15) is 0 Å². The first-order valence-corrected chi connectivity index (χ1v) is 13.7. The van der Waals surface area contributed by atoms with Crippen LogP contribution in [0.3, 0.4) is 0 Å². The molecule has 8 aromatic rings. The van der Waals surface area contributed by atoms with Crippen molar-refractivity contribution >= 4 is 43.4 Å². The number of benzene rings is 7. The third kappa shape index (κ3) is 2.93. The van der Waals surface area contributed by atoms with E-state index in [1.165, 1.54) is 43.4 Å². The van der Waals surface area contributed by atoms with Crippen LogP contribution in [0.2, 0.25) is 0 Å². The van der Waals surface area contributed by atoms with Crippen molar-refractivity contribution < 1.29 is 0 Å². The topological polar surface area (TPSA) is 25.8 Å². The van der Waals surface area contributed by atoms with Crippen LogP contribution in [0.4, 0.5) is 0 Å². The predicted molar refractivity (Wildman–Crippen MR) is 167 cm³/mol. The maximum Gasteiger partial charge on any atom is 0.0980 e. The van der Waals surface area contributed by atoms with E-state index in [4.69, 9.17) is 9.97 Å². The molecule has 0 saturated carbocycles.